The largest absolute Gasteiger partial charge is 0.416 e. The average Bonchev–Trinajstić information content (AvgIpc) is 3.28. The maximum atomic E-state index is 13.1. The molecule has 1 fully saturated rings. The van der Waals surface area contributed by atoms with E-state index in [1.165, 1.54) is 23.0 Å². The number of hydrogen-bond acceptors (Lipinski definition) is 5. The number of carbonyl (C=O) groups excluding carboxylic acids is 1. The molecule has 150 valence electrons. The number of likely N-dealkylation sites (tertiary alicyclic amines) is 1. The van der Waals surface area contributed by atoms with Crippen LogP contribution in [0.15, 0.2) is 24.3 Å². The zero-order chi connectivity index (χ0) is 20.3. The minimum absolute atomic E-state index is 0.0123. The van der Waals surface area contributed by atoms with Crippen LogP contribution in [0.3, 0.4) is 0 Å². The topological polar surface area (TPSA) is 84.1 Å². The van der Waals surface area contributed by atoms with Crippen LogP contribution in [-0.4, -0.2) is 55.3 Å². The van der Waals surface area contributed by atoms with Gasteiger partial charge >= 0.3 is 6.18 Å². The van der Waals surface area contributed by atoms with E-state index in [1.807, 2.05) is 0 Å². The zero-order valence-electron chi connectivity index (χ0n) is 15.2. The van der Waals surface area contributed by atoms with Crippen LogP contribution in [0, 0.1) is 6.92 Å². The number of halogens is 3. The molecule has 1 unspecified atom stereocenters. The Morgan fingerprint density at radius 2 is 2.18 bits per heavy atom. The van der Waals surface area contributed by atoms with Crippen LogP contribution < -0.4 is 0 Å². The molecule has 0 aliphatic carbocycles. The van der Waals surface area contributed by atoms with Crippen molar-refractivity contribution in [3.05, 3.63) is 46.8 Å². The van der Waals surface area contributed by atoms with Gasteiger partial charge in [0.1, 0.15) is 0 Å². The van der Waals surface area contributed by atoms with Crippen molar-refractivity contribution in [2.24, 2.45) is 0 Å². The van der Waals surface area contributed by atoms with Gasteiger partial charge in [-0.15, -0.1) is 10.2 Å². The molecule has 0 radical (unpaired) electrons. The summed E-state index contributed by atoms with van der Waals surface area (Å²) in [6.07, 6.45) is -0.135. The van der Waals surface area contributed by atoms with Gasteiger partial charge in [-0.1, -0.05) is 6.07 Å². The van der Waals surface area contributed by atoms with Crippen LogP contribution in [0.25, 0.3) is 6.08 Å². The molecule has 1 aromatic heterocycles. The van der Waals surface area contributed by atoms with E-state index in [0.717, 1.165) is 25.0 Å². The number of tetrazole rings is 1. The molecular weight excluding hydrogens is 375 g/mol. The lowest BCUT2D eigenvalue weighted by Gasteiger charge is -2.21. The van der Waals surface area contributed by atoms with E-state index < -0.39 is 11.7 Å². The van der Waals surface area contributed by atoms with Gasteiger partial charge in [0.15, 0.2) is 5.82 Å². The molecule has 1 N–H and O–H groups in total. The van der Waals surface area contributed by atoms with Crippen LogP contribution in [-0.2, 0) is 17.5 Å². The van der Waals surface area contributed by atoms with Crippen molar-refractivity contribution in [2.45, 2.75) is 38.5 Å². The molecule has 1 saturated heterocycles. The third-order valence-electron chi connectivity index (χ3n) is 4.61. The summed E-state index contributed by atoms with van der Waals surface area (Å²) in [5, 5.41) is 20.9. The summed E-state index contributed by atoms with van der Waals surface area (Å²) in [7, 11) is 0. The first kappa shape index (κ1) is 20.0. The Balaban J connectivity index is 1.87. The van der Waals surface area contributed by atoms with Gasteiger partial charge in [0.05, 0.1) is 24.8 Å². The molecule has 1 aromatic carbocycles. The number of carbonyl (C=O) groups is 1. The number of amides is 1. The molecule has 1 atom stereocenters. The van der Waals surface area contributed by atoms with Crippen LogP contribution in [0.4, 0.5) is 13.2 Å². The maximum Gasteiger partial charge on any atom is 0.416 e. The average molecular weight is 395 g/mol. The number of hydrogen-bond donors (Lipinski definition) is 1. The Morgan fingerprint density at radius 3 is 2.82 bits per heavy atom. The smallest absolute Gasteiger partial charge is 0.394 e. The van der Waals surface area contributed by atoms with Crippen LogP contribution in [0.1, 0.15) is 35.4 Å². The van der Waals surface area contributed by atoms with Gasteiger partial charge in [-0.2, -0.15) is 18.0 Å². The molecule has 0 bridgehead atoms. The Kier molecular flexibility index (Phi) is 5.78. The summed E-state index contributed by atoms with van der Waals surface area (Å²) in [4.78, 5) is 15.2. The highest BCUT2D eigenvalue weighted by Crippen LogP contribution is 2.31. The molecule has 7 nitrogen and oxygen atoms in total. The number of aliphatic hydroxyl groups is 1. The third-order valence-corrected chi connectivity index (χ3v) is 4.61. The summed E-state index contributed by atoms with van der Waals surface area (Å²) >= 11 is 0. The van der Waals surface area contributed by atoms with E-state index >= 15 is 0 Å². The first-order valence-corrected chi connectivity index (χ1v) is 8.82. The molecule has 0 spiro atoms. The van der Waals surface area contributed by atoms with Crippen molar-refractivity contribution in [3.8, 4) is 0 Å². The number of benzene rings is 1. The molecule has 10 heteroatoms. The van der Waals surface area contributed by atoms with E-state index in [2.05, 4.69) is 15.4 Å². The summed E-state index contributed by atoms with van der Waals surface area (Å²) in [5.41, 5.74) is -0.0184. The van der Waals surface area contributed by atoms with Gasteiger partial charge in [0.2, 0.25) is 5.91 Å². The van der Waals surface area contributed by atoms with Gasteiger partial charge in [-0.25, -0.2) is 0 Å². The highest BCUT2D eigenvalue weighted by Gasteiger charge is 2.31. The van der Waals surface area contributed by atoms with Crippen LogP contribution in [0.2, 0.25) is 0 Å². The van der Waals surface area contributed by atoms with Crippen molar-refractivity contribution in [1.29, 1.82) is 0 Å². The standard InChI is InChI=1S/C18H20F3N5O2/c1-12-22-24-26(23-12)10-14-9-15(18(19,20)21)6-4-13(14)5-7-17(28)25-8-2-3-16(25)11-27/h4-7,9,16,27H,2-3,8,10-11H2,1H3. The zero-order valence-corrected chi connectivity index (χ0v) is 15.2. The number of rotatable bonds is 5. The lowest BCUT2D eigenvalue weighted by atomic mass is 10.0. The highest BCUT2D eigenvalue weighted by atomic mass is 19.4. The fraction of sp³-hybridized carbons (Fsp3) is 0.444. The number of aryl methyl sites for hydroxylation is 1. The van der Waals surface area contributed by atoms with E-state index in [1.54, 1.807) is 11.8 Å². The molecule has 1 amide bonds. The summed E-state index contributed by atoms with van der Waals surface area (Å²) in [6.45, 7) is 2.06. The molecule has 1 aliphatic heterocycles. The second-order valence-electron chi connectivity index (χ2n) is 6.62. The van der Waals surface area contributed by atoms with Gasteiger partial charge in [-0.05, 0) is 54.3 Å². The number of aliphatic hydroxyl groups excluding tert-OH is 1. The molecule has 0 saturated carbocycles. The molecular formula is C18H20F3N5O2. The first-order chi connectivity index (χ1) is 13.3. The maximum absolute atomic E-state index is 13.1. The van der Waals surface area contributed by atoms with Gasteiger partial charge < -0.3 is 10.0 Å². The fourth-order valence-corrected chi connectivity index (χ4v) is 3.20. The second kappa shape index (κ2) is 8.09. The molecule has 2 heterocycles. The summed E-state index contributed by atoms with van der Waals surface area (Å²) in [5.74, 6) is 0.125. The summed E-state index contributed by atoms with van der Waals surface area (Å²) < 4.78 is 39.3. The Morgan fingerprint density at radius 1 is 1.39 bits per heavy atom. The quantitative estimate of drug-likeness (QED) is 0.784. The number of aromatic nitrogens is 4. The lowest BCUT2D eigenvalue weighted by Crippen LogP contribution is -2.36. The van der Waals surface area contributed by atoms with E-state index in [9.17, 15) is 23.1 Å². The molecule has 1 aliphatic rings. The van der Waals surface area contributed by atoms with Crippen molar-refractivity contribution in [1.82, 2.24) is 25.1 Å². The number of alkyl halides is 3. The number of nitrogens with zero attached hydrogens (tertiary/aromatic N) is 5. The van der Waals surface area contributed by atoms with E-state index in [0.29, 0.717) is 23.5 Å². The van der Waals surface area contributed by atoms with Gasteiger partial charge in [0, 0.05) is 12.6 Å². The normalized spacial score (nSPS) is 17.6. The lowest BCUT2D eigenvalue weighted by molar-refractivity contribution is -0.137. The third kappa shape index (κ3) is 4.56. The summed E-state index contributed by atoms with van der Waals surface area (Å²) in [6, 6.07) is 3.10. The second-order valence-corrected chi connectivity index (χ2v) is 6.62. The minimum atomic E-state index is -4.48. The predicted octanol–water partition coefficient (Wildman–Crippen LogP) is 2.05. The molecule has 2 aromatic rings. The SMILES string of the molecule is Cc1nnn(Cc2cc(C(F)(F)F)ccc2C=CC(=O)N2CCCC2CO)n1. The van der Waals surface area contributed by atoms with Crippen molar-refractivity contribution >= 4 is 12.0 Å². The van der Waals surface area contributed by atoms with Crippen LogP contribution >= 0.6 is 0 Å². The van der Waals surface area contributed by atoms with Gasteiger partial charge in [-0.3, -0.25) is 4.79 Å². The Bertz CT molecular complexity index is 878. The highest BCUT2D eigenvalue weighted by molar-refractivity contribution is 5.92. The van der Waals surface area contributed by atoms with E-state index in [4.69, 9.17) is 0 Å². The van der Waals surface area contributed by atoms with E-state index in [-0.39, 0.29) is 25.1 Å². The first-order valence-electron chi connectivity index (χ1n) is 8.82. The predicted molar refractivity (Wildman–Crippen MR) is 94.0 cm³/mol. The molecule has 3 rings (SSSR count). The molecule has 28 heavy (non-hydrogen) atoms. The van der Waals surface area contributed by atoms with Crippen LogP contribution in [0.5, 0.6) is 0 Å². The minimum Gasteiger partial charge on any atom is -0.394 e. The van der Waals surface area contributed by atoms with Gasteiger partial charge in [0.25, 0.3) is 0 Å². The van der Waals surface area contributed by atoms with Crippen molar-refractivity contribution in [3.63, 3.8) is 0 Å². The fourth-order valence-electron chi connectivity index (χ4n) is 3.20. The Labute approximate surface area is 159 Å². The monoisotopic (exact) mass is 395 g/mol. The Hall–Kier alpha value is -2.75. The van der Waals surface area contributed by atoms with Crippen molar-refractivity contribution < 1.29 is 23.1 Å². The van der Waals surface area contributed by atoms with Crippen molar-refractivity contribution in [2.75, 3.05) is 13.2 Å².